The van der Waals surface area contributed by atoms with Gasteiger partial charge in [-0.25, -0.2) is 0 Å². The van der Waals surface area contributed by atoms with Gasteiger partial charge in [0.05, 0.1) is 13.2 Å². The number of nitrogens with one attached hydrogen (secondary N) is 2. The number of ether oxygens (including phenoxy) is 1. The van der Waals surface area contributed by atoms with Crippen molar-refractivity contribution in [3.63, 3.8) is 0 Å². The van der Waals surface area contributed by atoms with Crippen molar-refractivity contribution in [2.75, 3.05) is 39.9 Å². The number of hydrogen-bond donors (Lipinski definition) is 2. The van der Waals surface area contributed by atoms with Crippen molar-refractivity contribution in [3.05, 3.63) is 12.2 Å². The molecule has 1 saturated carbocycles. The first kappa shape index (κ1) is 16.3. The molecule has 0 saturated heterocycles. The van der Waals surface area contributed by atoms with Crippen LogP contribution in [0.25, 0.3) is 0 Å². The monoisotopic (exact) mass is 294 g/mol. The zero-order chi connectivity index (χ0) is 14.9. The minimum absolute atomic E-state index is 0.510. The van der Waals surface area contributed by atoms with Gasteiger partial charge in [-0.1, -0.05) is 12.2 Å². The summed E-state index contributed by atoms with van der Waals surface area (Å²) in [7, 11) is 1.77. The van der Waals surface area contributed by atoms with Gasteiger partial charge in [-0.15, -0.1) is 0 Å². The van der Waals surface area contributed by atoms with E-state index in [1.54, 1.807) is 7.11 Å². The fourth-order valence-electron chi connectivity index (χ4n) is 2.66. The average Bonchev–Trinajstić information content (AvgIpc) is 3.20. The van der Waals surface area contributed by atoms with Crippen LogP contribution in [-0.4, -0.2) is 62.8 Å². The molecular weight excluding hydrogens is 264 g/mol. The molecule has 0 amide bonds. The highest BCUT2D eigenvalue weighted by atomic mass is 16.5. The van der Waals surface area contributed by atoms with Gasteiger partial charge in [-0.3, -0.25) is 9.89 Å². The van der Waals surface area contributed by atoms with Crippen LogP contribution in [0.3, 0.4) is 0 Å². The number of rotatable bonds is 9. The lowest BCUT2D eigenvalue weighted by atomic mass is 10.2. The van der Waals surface area contributed by atoms with Gasteiger partial charge in [-0.05, 0) is 32.6 Å². The van der Waals surface area contributed by atoms with Crippen LogP contribution in [0.4, 0.5) is 0 Å². The third-order valence-electron chi connectivity index (χ3n) is 4.00. The van der Waals surface area contributed by atoms with E-state index in [2.05, 4.69) is 34.6 Å². The fraction of sp³-hybridized carbons (Fsp3) is 0.812. The molecule has 2 rings (SSSR count). The van der Waals surface area contributed by atoms with Gasteiger partial charge >= 0.3 is 0 Å². The van der Waals surface area contributed by atoms with Crippen LogP contribution in [0, 0.1) is 0 Å². The molecule has 120 valence electrons. The first-order chi connectivity index (χ1) is 10.3. The molecule has 0 unspecified atom stereocenters. The second-order valence-electron chi connectivity index (χ2n) is 5.80. The minimum Gasteiger partial charge on any atom is -0.383 e. The van der Waals surface area contributed by atoms with E-state index in [9.17, 15) is 0 Å². The van der Waals surface area contributed by atoms with E-state index >= 15 is 0 Å². The Kier molecular flexibility index (Phi) is 7.03. The van der Waals surface area contributed by atoms with Crippen molar-refractivity contribution in [2.45, 2.75) is 44.7 Å². The van der Waals surface area contributed by atoms with Crippen LogP contribution in [-0.2, 0) is 4.74 Å². The highest BCUT2D eigenvalue weighted by Crippen LogP contribution is 2.26. The topological polar surface area (TPSA) is 48.9 Å². The highest BCUT2D eigenvalue weighted by molar-refractivity contribution is 5.80. The number of methoxy groups -OCH3 is 1. The minimum atomic E-state index is 0.510. The van der Waals surface area contributed by atoms with Gasteiger partial charge in [0.25, 0.3) is 0 Å². The summed E-state index contributed by atoms with van der Waals surface area (Å²) in [6, 6.07) is 1.28. The van der Waals surface area contributed by atoms with Gasteiger partial charge in [-0.2, -0.15) is 0 Å². The summed E-state index contributed by atoms with van der Waals surface area (Å²) in [5.74, 6) is 0.952. The summed E-state index contributed by atoms with van der Waals surface area (Å²) in [6.07, 6.45) is 9.35. The molecule has 1 fully saturated rings. The molecule has 2 aliphatic rings. The maximum Gasteiger partial charge on any atom is 0.191 e. The lowest BCUT2D eigenvalue weighted by Gasteiger charge is -2.21. The molecule has 0 aromatic carbocycles. The van der Waals surface area contributed by atoms with Crippen molar-refractivity contribution in [1.82, 2.24) is 15.5 Å². The Morgan fingerprint density at radius 2 is 2.05 bits per heavy atom. The normalized spacial score (nSPS) is 19.5. The van der Waals surface area contributed by atoms with Crippen LogP contribution in [0.1, 0.15) is 32.6 Å². The van der Waals surface area contributed by atoms with Gasteiger partial charge in [0.1, 0.15) is 0 Å². The molecule has 5 nitrogen and oxygen atoms in total. The lowest BCUT2D eigenvalue weighted by molar-refractivity contribution is 0.145. The third-order valence-corrected chi connectivity index (χ3v) is 4.00. The predicted molar refractivity (Wildman–Crippen MR) is 87.7 cm³/mol. The summed E-state index contributed by atoms with van der Waals surface area (Å²) < 4.78 is 5.20. The Bertz CT molecular complexity index is 344. The second-order valence-corrected chi connectivity index (χ2v) is 5.80. The predicted octanol–water partition coefficient (Wildman–Crippen LogP) is 1.37. The van der Waals surface area contributed by atoms with Crippen LogP contribution in [0.2, 0.25) is 0 Å². The number of hydrogen-bond acceptors (Lipinski definition) is 3. The molecular formula is C16H30N4O. The summed E-state index contributed by atoms with van der Waals surface area (Å²) in [6.45, 7) is 6.71. The molecule has 2 aliphatic carbocycles. The van der Waals surface area contributed by atoms with E-state index in [-0.39, 0.29) is 0 Å². The van der Waals surface area contributed by atoms with Crippen molar-refractivity contribution >= 4 is 5.96 Å². The van der Waals surface area contributed by atoms with E-state index in [0.29, 0.717) is 6.04 Å². The van der Waals surface area contributed by atoms with Crippen molar-refractivity contribution < 1.29 is 4.74 Å². The summed E-state index contributed by atoms with van der Waals surface area (Å²) in [5, 5.41) is 6.85. The van der Waals surface area contributed by atoms with E-state index in [4.69, 9.17) is 9.73 Å². The fourth-order valence-corrected chi connectivity index (χ4v) is 2.66. The standard InChI is InChI=1S/C16H30N4O/c1-3-17-16(19-14-6-4-5-7-14)18-10-11-20(12-13-21-2)15-8-9-15/h4-5,14-15H,3,6-13H2,1-2H3,(H2,17,18,19). The number of guanidine groups is 1. The molecule has 0 spiro atoms. The highest BCUT2D eigenvalue weighted by Gasteiger charge is 2.28. The Balaban J connectivity index is 1.74. The van der Waals surface area contributed by atoms with Crippen LogP contribution >= 0.6 is 0 Å². The van der Waals surface area contributed by atoms with E-state index in [1.165, 1.54) is 12.8 Å². The van der Waals surface area contributed by atoms with Crippen LogP contribution in [0.15, 0.2) is 17.1 Å². The van der Waals surface area contributed by atoms with Crippen molar-refractivity contribution in [3.8, 4) is 0 Å². The maximum absolute atomic E-state index is 5.20. The zero-order valence-electron chi connectivity index (χ0n) is 13.5. The molecule has 0 aromatic rings. The molecule has 2 N–H and O–H groups in total. The SMILES string of the molecule is CCNC(=NCCN(CCOC)C1CC1)NC1CC=CC1. The van der Waals surface area contributed by atoms with E-state index in [1.807, 2.05) is 0 Å². The molecule has 0 atom stereocenters. The Morgan fingerprint density at radius 1 is 1.29 bits per heavy atom. The molecule has 0 bridgehead atoms. The quantitative estimate of drug-likeness (QED) is 0.383. The molecule has 5 heteroatoms. The maximum atomic E-state index is 5.20. The molecule has 0 aromatic heterocycles. The molecule has 0 radical (unpaired) electrons. The summed E-state index contributed by atoms with van der Waals surface area (Å²) in [4.78, 5) is 7.23. The van der Waals surface area contributed by atoms with E-state index < -0.39 is 0 Å². The summed E-state index contributed by atoms with van der Waals surface area (Å²) >= 11 is 0. The average molecular weight is 294 g/mol. The Labute approximate surface area is 128 Å². The first-order valence-corrected chi connectivity index (χ1v) is 8.26. The lowest BCUT2D eigenvalue weighted by Crippen LogP contribution is -2.43. The molecule has 21 heavy (non-hydrogen) atoms. The van der Waals surface area contributed by atoms with Gasteiger partial charge in [0, 0.05) is 38.8 Å². The molecule has 0 heterocycles. The third kappa shape index (κ3) is 6.06. The van der Waals surface area contributed by atoms with Gasteiger partial charge in [0.15, 0.2) is 5.96 Å². The summed E-state index contributed by atoms with van der Waals surface area (Å²) in [5.41, 5.74) is 0. The Hall–Kier alpha value is -1.07. The van der Waals surface area contributed by atoms with Crippen LogP contribution in [0.5, 0.6) is 0 Å². The number of aliphatic imine (C=N–C) groups is 1. The largest absolute Gasteiger partial charge is 0.383 e. The first-order valence-electron chi connectivity index (χ1n) is 8.26. The second kappa shape index (κ2) is 9.05. The van der Waals surface area contributed by atoms with Gasteiger partial charge < -0.3 is 15.4 Å². The number of nitrogens with zero attached hydrogens (tertiary/aromatic N) is 2. The van der Waals surface area contributed by atoms with Crippen LogP contribution < -0.4 is 10.6 Å². The van der Waals surface area contributed by atoms with Crippen molar-refractivity contribution in [2.24, 2.45) is 4.99 Å². The van der Waals surface area contributed by atoms with E-state index in [0.717, 1.165) is 57.6 Å². The molecule has 0 aliphatic heterocycles. The zero-order valence-corrected chi connectivity index (χ0v) is 13.5. The Morgan fingerprint density at radius 3 is 2.67 bits per heavy atom. The van der Waals surface area contributed by atoms with Crippen molar-refractivity contribution in [1.29, 1.82) is 0 Å². The van der Waals surface area contributed by atoms with Gasteiger partial charge in [0.2, 0.25) is 0 Å². The smallest absolute Gasteiger partial charge is 0.191 e.